The maximum atomic E-state index is 13.4. The molecule has 0 bridgehead atoms. The van der Waals surface area contributed by atoms with E-state index in [1.165, 1.54) is 4.90 Å². The van der Waals surface area contributed by atoms with Gasteiger partial charge in [0.25, 0.3) is 0 Å². The van der Waals surface area contributed by atoms with Crippen molar-refractivity contribution < 1.29 is 24.9 Å². The molecule has 1 spiro atoms. The summed E-state index contributed by atoms with van der Waals surface area (Å²) in [6.45, 7) is 11.7. The van der Waals surface area contributed by atoms with Gasteiger partial charge in [0.2, 0.25) is 5.79 Å². The third-order valence-electron chi connectivity index (χ3n) is 7.09. The van der Waals surface area contributed by atoms with Crippen molar-refractivity contribution >= 4 is 17.9 Å². The van der Waals surface area contributed by atoms with Crippen molar-refractivity contribution in [2.45, 2.75) is 82.0 Å². The van der Waals surface area contributed by atoms with Gasteiger partial charge in [-0.15, -0.1) is 0 Å². The standard InChI is InChI=1S/C24H36N6O5/c1-21(2,3)13-7-12(8-14(9-13)22(4,5)6)18(32)35-16-10-30-20(26)27-15(11-31)17-23(30,24(16,33)34)29-19(25)28-17/h7-9,15-17,31,33-34H,10-11H2,1-6H3,(H2,26,27)(H3,25,28,29)/t15-,16-,17-,23-/m0/s1. The summed E-state index contributed by atoms with van der Waals surface area (Å²) in [5.74, 6) is -3.46. The summed E-state index contributed by atoms with van der Waals surface area (Å²) in [5, 5.41) is 35.4. The molecule has 3 aliphatic rings. The Hall–Kier alpha value is -2.89. The Bertz CT molecular complexity index is 1070. The fourth-order valence-electron chi connectivity index (χ4n) is 4.98. The number of carbonyl (C=O) groups is 1. The minimum Gasteiger partial charge on any atom is -0.451 e. The summed E-state index contributed by atoms with van der Waals surface area (Å²) in [5.41, 5.74) is 12.0. The van der Waals surface area contributed by atoms with Gasteiger partial charge >= 0.3 is 5.97 Å². The molecule has 1 saturated heterocycles. The van der Waals surface area contributed by atoms with Gasteiger partial charge in [-0.05, 0) is 34.1 Å². The number of aliphatic hydroxyl groups excluding tert-OH is 1. The average Bonchev–Trinajstić information content (AvgIpc) is 3.21. The summed E-state index contributed by atoms with van der Waals surface area (Å²) in [6, 6.07) is 3.79. The van der Waals surface area contributed by atoms with Gasteiger partial charge in [-0.25, -0.2) is 14.8 Å². The molecule has 8 N–H and O–H groups in total. The minimum atomic E-state index is -2.65. The van der Waals surface area contributed by atoms with Crippen LogP contribution in [0.4, 0.5) is 0 Å². The number of nitrogens with zero attached hydrogens (tertiary/aromatic N) is 3. The molecule has 192 valence electrons. The lowest BCUT2D eigenvalue weighted by Gasteiger charge is -2.48. The highest BCUT2D eigenvalue weighted by molar-refractivity contribution is 5.91. The van der Waals surface area contributed by atoms with E-state index < -0.39 is 42.2 Å². The van der Waals surface area contributed by atoms with Crippen LogP contribution in [0.3, 0.4) is 0 Å². The first-order valence-electron chi connectivity index (χ1n) is 11.7. The molecule has 35 heavy (non-hydrogen) atoms. The molecule has 4 rings (SSSR count). The van der Waals surface area contributed by atoms with Crippen molar-refractivity contribution in [2.75, 3.05) is 13.2 Å². The van der Waals surface area contributed by atoms with Crippen molar-refractivity contribution in [1.29, 1.82) is 0 Å². The lowest BCUT2D eigenvalue weighted by molar-refractivity contribution is -0.257. The first-order valence-corrected chi connectivity index (χ1v) is 11.7. The molecule has 0 amide bonds. The summed E-state index contributed by atoms with van der Waals surface area (Å²) < 4.78 is 5.71. The topological polar surface area (TPSA) is 179 Å². The maximum Gasteiger partial charge on any atom is 0.338 e. The van der Waals surface area contributed by atoms with Crippen molar-refractivity contribution in [3.05, 3.63) is 34.9 Å². The molecule has 1 fully saturated rings. The van der Waals surface area contributed by atoms with Gasteiger partial charge in [-0.2, -0.15) is 0 Å². The second-order valence-corrected chi connectivity index (χ2v) is 11.6. The second-order valence-electron chi connectivity index (χ2n) is 11.6. The van der Waals surface area contributed by atoms with E-state index in [0.717, 1.165) is 11.1 Å². The van der Waals surface area contributed by atoms with Crippen molar-refractivity contribution in [3.8, 4) is 0 Å². The number of rotatable bonds is 3. The number of benzene rings is 1. The lowest BCUT2D eigenvalue weighted by Crippen LogP contribution is -2.77. The van der Waals surface area contributed by atoms with Crippen molar-refractivity contribution in [3.63, 3.8) is 0 Å². The number of carbonyl (C=O) groups excluding carboxylic acids is 1. The van der Waals surface area contributed by atoms with Crippen LogP contribution in [0.15, 0.2) is 28.2 Å². The van der Waals surface area contributed by atoms with Gasteiger partial charge in [-0.1, -0.05) is 47.6 Å². The molecule has 4 atom stereocenters. The van der Waals surface area contributed by atoms with Crippen LogP contribution in [0.2, 0.25) is 0 Å². The quantitative estimate of drug-likeness (QED) is 0.241. The number of ether oxygens (including phenoxy) is 1. The summed E-state index contributed by atoms with van der Waals surface area (Å²) in [4.78, 5) is 23.2. The van der Waals surface area contributed by atoms with Crippen LogP contribution in [0.25, 0.3) is 0 Å². The predicted octanol–water partition coefficient (Wildman–Crippen LogP) is -0.524. The van der Waals surface area contributed by atoms with Gasteiger partial charge < -0.3 is 41.7 Å². The lowest BCUT2D eigenvalue weighted by atomic mass is 9.79. The van der Waals surface area contributed by atoms with E-state index in [1.54, 1.807) is 12.1 Å². The Morgan fingerprint density at radius 1 is 1.11 bits per heavy atom. The molecule has 0 unspecified atom stereocenters. The zero-order chi connectivity index (χ0) is 26.1. The molecule has 3 aliphatic heterocycles. The molecule has 0 radical (unpaired) electrons. The molecule has 0 aliphatic carbocycles. The highest BCUT2D eigenvalue weighted by atomic mass is 16.6. The Morgan fingerprint density at radius 2 is 1.69 bits per heavy atom. The van der Waals surface area contributed by atoms with Crippen molar-refractivity contribution in [2.24, 2.45) is 21.5 Å². The van der Waals surface area contributed by atoms with Gasteiger partial charge in [0, 0.05) is 0 Å². The molecular formula is C24H36N6O5. The smallest absolute Gasteiger partial charge is 0.338 e. The summed E-state index contributed by atoms with van der Waals surface area (Å²) in [7, 11) is 0. The molecular weight excluding hydrogens is 452 g/mol. The molecule has 3 heterocycles. The van der Waals surface area contributed by atoms with E-state index in [1.807, 2.05) is 0 Å². The number of hydrogen-bond acceptors (Lipinski definition) is 11. The molecule has 1 aromatic rings. The van der Waals surface area contributed by atoms with E-state index in [0.29, 0.717) is 5.56 Å². The van der Waals surface area contributed by atoms with Crippen LogP contribution in [-0.2, 0) is 15.6 Å². The maximum absolute atomic E-state index is 13.4. The number of hydrogen-bond donors (Lipinski definition) is 6. The van der Waals surface area contributed by atoms with E-state index in [-0.39, 0.29) is 29.3 Å². The van der Waals surface area contributed by atoms with Crippen LogP contribution in [-0.4, -0.2) is 80.9 Å². The van der Waals surface area contributed by atoms with Crippen LogP contribution >= 0.6 is 0 Å². The number of aliphatic imine (C=N–C) groups is 2. The fourth-order valence-corrected chi connectivity index (χ4v) is 4.98. The SMILES string of the molecule is CC(C)(C)c1cc(C(=O)O[C@H]2CN3C(N)=N[C@@H](CO)[C@@H]4N=C(N)N[C@@]43C2(O)O)cc(C(C)(C)C)c1. The van der Waals surface area contributed by atoms with E-state index in [4.69, 9.17) is 16.2 Å². The van der Waals surface area contributed by atoms with Gasteiger partial charge in [-0.3, -0.25) is 0 Å². The van der Waals surface area contributed by atoms with E-state index in [9.17, 15) is 20.1 Å². The molecule has 11 heteroatoms. The largest absolute Gasteiger partial charge is 0.451 e. The number of nitrogens with one attached hydrogen (secondary N) is 1. The first kappa shape index (κ1) is 25.2. The minimum absolute atomic E-state index is 0.0477. The zero-order valence-electron chi connectivity index (χ0n) is 21.0. The second kappa shape index (κ2) is 7.81. The Balaban J connectivity index is 1.70. The molecule has 0 saturated carbocycles. The molecule has 11 nitrogen and oxygen atoms in total. The van der Waals surface area contributed by atoms with E-state index >= 15 is 0 Å². The van der Waals surface area contributed by atoms with Gasteiger partial charge in [0.05, 0.1) is 18.7 Å². The van der Waals surface area contributed by atoms with Crippen LogP contribution < -0.4 is 16.8 Å². The van der Waals surface area contributed by atoms with Crippen LogP contribution in [0, 0.1) is 0 Å². The van der Waals surface area contributed by atoms with Crippen LogP contribution in [0.1, 0.15) is 63.0 Å². The van der Waals surface area contributed by atoms with Crippen molar-refractivity contribution in [1.82, 2.24) is 10.2 Å². The zero-order valence-corrected chi connectivity index (χ0v) is 21.0. The third-order valence-corrected chi connectivity index (χ3v) is 7.09. The number of nitrogens with two attached hydrogens (primary N) is 2. The Morgan fingerprint density at radius 3 is 2.20 bits per heavy atom. The summed E-state index contributed by atoms with van der Waals surface area (Å²) in [6.07, 6.45) is -1.41. The Kier molecular flexibility index (Phi) is 5.62. The molecule has 0 aromatic heterocycles. The van der Waals surface area contributed by atoms with Gasteiger partial charge in [0.1, 0.15) is 12.1 Å². The normalized spacial score (nSPS) is 29.6. The highest BCUT2D eigenvalue weighted by Gasteiger charge is 2.74. The average molecular weight is 489 g/mol. The monoisotopic (exact) mass is 488 g/mol. The summed E-state index contributed by atoms with van der Waals surface area (Å²) >= 11 is 0. The number of guanidine groups is 2. The molecule has 1 aromatic carbocycles. The fraction of sp³-hybridized carbons (Fsp3) is 0.625. The predicted molar refractivity (Wildman–Crippen MR) is 131 cm³/mol. The van der Waals surface area contributed by atoms with Crippen LogP contribution in [0.5, 0.6) is 0 Å². The van der Waals surface area contributed by atoms with Gasteiger partial charge in [0.15, 0.2) is 23.7 Å². The Labute approximate surface area is 204 Å². The third kappa shape index (κ3) is 3.82. The number of esters is 1. The highest BCUT2D eigenvalue weighted by Crippen LogP contribution is 2.45. The van der Waals surface area contributed by atoms with E-state index in [2.05, 4.69) is 62.9 Å². The first-order chi connectivity index (χ1) is 16.0. The number of aliphatic hydroxyl groups is 3.